The first-order chi connectivity index (χ1) is 8.78. The zero-order valence-corrected chi connectivity index (χ0v) is 10.2. The minimum atomic E-state index is -4.85. The summed E-state index contributed by atoms with van der Waals surface area (Å²) in [6.45, 7) is 0.107. The van der Waals surface area contributed by atoms with Gasteiger partial charge in [0.25, 0.3) is 0 Å². The van der Waals surface area contributed by atoms with Crippen molar-refractivity contribution in [2.45, 2.75) is 31.5 Å². The van der Waals surface area contributed by atoms with Crippen LogP contribution in [0.5, 0.6) is 0 Å². The molecular formula is C11H15F3N2O3. The number of rotatable bonds is 1. The maximum Gasteiger partial charge on any atom is 0.471 e. The fraction of sp³-hybridized carbons (Fsp3) is 0.818. The van der Waals surface area contributed by atoms with Gasteiger partial charge in [0.05, 0.1) is 6.42 Å². The Hall–Kier alpha value is -1.31. The molecule has 0 aromatic rings. The molecule has 1 amide bonds. The number of likely N-dealkylation sites (tertiary alicyclic amines) is 1. The van der Waals surface area contributed by atoms with Crippen molar-refractivity contribution in [1.29, 1.82) is 0 Å². The number of ether oxygens (including phenoxy) is 1. The molecule has 2 fully saturated rings. The quantitative estimate of drug-likeness (QED) is 0.707. The summed E-state index contributed by atoms with van der Waals surface area (Å²) in [6, 6.07) is 0. The van der Waals surface area contributed by atoms with E-state index in [9.17, 15) is 22.8 Å². The lowest BCUT2D eigenvalue weighted by atomic mass is 9.73. The number of cyclic esters (lactones) is 1. The van der Waals surface area contributed by atoms with Crippen LogP contribution in [0.3, 0.4) is 0 Å². The summed E-state index contributed by atoms with van der Waals surface area (Å²) in [7, 11) is 0. The Kier molecular flexibility index (Phi) is 3.46. The van der Waals surface area contributed by atoms with Gasteiger partial charge in [-0.15, -0.1) is 0 Å². The van der Waals surface area contributed by atoms with Crippen molar-refractivity contribution in [3.63, 3.8) is 0 Å². The van der Waals surface area contributed by atoms with E-state index in [0.29, 0.717) is 12.8 Å². The molecule has 2 N–H and O–H groups in total. The third-order valence-corrected chi connectivity index (χ3v) is 3.96. The van der Waals surface area contributed by atoms with Gasteiger partial charge in [-0.3, -0.25) is 9.59 Å². The number of carbonyl (C=O) groups excluding carboxylic acids is 2. The van der Waals surface area contributed by atoms with Gasteiger partial charge in [-0.1, -0.05) is 0 Å². The first-order valence-corrected chi connectivity index (χ1v) is 6.04. The Bertz CT molecular complexity index is 389. The fourth-order valence-electron chi connectivity index (χ4n) is 2.86. The molecule has 1 atom stereocenters. The van der Waals surface area contributed by atoms with Crippen LogP contribution in [-0.2, 0) is 14.3 Å². The minimum Gasteiger partial charge on any atom is -0.460 e. The SMILES string of the molecule is NCC1OC(=O)CC12CCN(C(=O)C(F)(F)F)CC2. The second-order valence-corrected chi connectivity index (χ2v) is 5.04. The zero-order chi connectivity index (χ0) is 14.3. The van der Waals surface area contributed by atoms with Gasteiger partial charge in [0.15, 0.2) is 0 Å². The Labute approximate surface area is 107 Å². The van der Waals surface area contributed by atoms with Crippen LogP contribution in [0.4, 0.5) is 13.2 Å². The number of alkyl halides is 3. The molecule has 19 heavy (non-hydrogen) atoms. The predicted molar refractivity (Wildman–Crippen MR) is 57.9 cm³/mol. The van der Waals surface area contributed by atoms with Crippen LogP contribution in [-0.4, -0.2) is 48.7 Å². The van der Waals surface area contributed by atoms with E-state index in [1.54, 1.807) is 0 Å². The highest BCUT2D eigenvalue weighted by molar-refractivity contribution is 5.82. The lowest BCUT2D eigenvalue weighted by Gasteiger charge is -2.40. The maximum atomic E-state index is 12.3. The van der Waals surface area contributed by atoms with Crippen LogP contribution in [0.25, 0.3) is 0 Å². The molecule has 0 aromatic carbocycles. The molecule has 1 spiro atoms. The highest BCUT2D eigenvalue weighted by atomic mass is 19.4. The molecule has 0 bridgehead atoms. The average molecular weight is 280 g/mol. The van der Waals surface area contributed by atoms with Gasteiger partial charge in [-0.25, -0.2) is 0 Å². The third kappa shape index (κ3) is 2.54. The molecule has 0 radical (unpaired) electrons. The molecule has 2 saturated heterocycles. The Balaban J connectivity index is 2.03. The van der Waals surface area contributed by atoms with E-state index in [0.717, 1.165) is 4.90 Å². The van der Waals surface area contributed by atoms with E-state index < -0.39 is 23.6 Å². The number of amides is 1. The topological polar surface area (TPSA) is 72.6 Å². The Morgan fingerprint density at radius 3 is 2.47 bits per heavy atom. The molecule has 5 nitrogen and oxygen atoms in total. The van der Waals surface area contributed by atoms with E-state index in [1.807, 2.05) is 0 Å². The summed E-state index contributed by atoms with van der Waals surface area (Å²) < 4.78 is 42.0. The van der Waals surface area contributed by atoms with Gasteiger partial charge in [0, 0.05) is 25.0 Å². The highest BCUT2D eigenvalue weighted by Crippen LogP contribution is 2.44. The molecule has 0 saturated carbocycles. The van der Waals surface area contributed by atoms with E-state index in [4.69, 9.17) is 10.5 Å². The van der Waals surface area contributed by atoms with Gasteiger partial charge in [0.1, 0.15) is 6.10 Å². The number of carbonyl (C=O) groups is 2. The van der Waals surface area contributed by atoms with Gasteiger partial charge in [-0.05, 0) is 12.8 Å². The lowest BCUT2D eigenvalue weighted by molar-refractivity contribution is -0.188. The maximum absolute atomic E-state index is 12.3. The molecule has 0 aromatic heterocycles. The number of halogens is 3. The summed E-state index contributed by atoms with van der Waals surface area (Å²) in [6.07, 6.45) is -4.52. The molecule has 2 aliphatic heterocycles. The summed E-state index contributed by atoms with van der Waals surface area (Å²) in [5.74, 6) is -2.19. The molecule has 2 rings (SSSR count). The van der Waals surface area contributed by atoms with Gasteiger partial charge in [-0.2, -0.15) is 13.2 Å². The zero-order valence-electron chi connectivity index (χ0n) is 10.2. The molecule has 2 aliphatic rings. The highest BCUT2D eigenvalue weighted by Gasteiger charge is 2.52. The average Bonchev–Trinajstić information content (AvgIpc) is 2.64. The lowest BCUT2D eigenvalue weighted by Crippen LogP contribution is -2.51. The Morgan fingerprint density at radius 1 is 1.42 bits per heavy atom. The normalized spacial score (nSPS) is 26.6. The molecule has 108 valence electrons. The first-order valence-electron chi connectivity index (χ1n) is 6.04. The molecular weight excluding hydrogens is 265 g/mol. The van der Waals surface area contributed by atoms with Crippen LogP contribution in [0, 0.1) is 5.41 Å². The van der Waals surface area contributed by atoms with Crippen molar-refractivity contribution in [2.24, 2.45) is 11.1 Å². The van der Waals surface area contributed by atoms with E-state index in [-0.39, 0.29) is 32.0 Å². The number of hydrogen-bond acceptors (Lipinski definition) is 4. The van der Waals surface area contributed by atoms with Crippen molar-refractivity contribution in [3.05, 3.63) is 0 Å². The van der Waals surface area contributed by atoms with E-state index in [1.165, 1.54) is 0 Å². The molecule has 1 unspecified atom stereocenters. The summed E-state index contributed by atoms with van der Waals surface area (Å²) >= 11 is 0. The van der Waals surface area contributed by atoms with Crippen LogP contribution in [0.1, 0.15) is 19.3 Å². The number of nitrogens with two attached hydrogens (primary N) is 1. The standard InChI is InChI=1S/C11H15F3N2O3/c12-11(13,14)9(18)16-3-1-10(2-4-16)5-8(17)19-7(10)6-15/h7H,1-6,15H2. The van der Waals surface area contributed by atoms with Gasteiger partial charge >= 0.3 is 18.1 Å². The van der Waals surface area contributed by atoms with Crippen molar-refractivity contribution in [3.8, 4) is 0 Å². The largest absolute Gasteiger partial charge is 0.471 e. The summed E-state index contributed by atoms with van der Waals surface area (Å²) in [4.78, 5) is 23.2. The fourth-order valence-corrected chi connectivity index (χ4v) is 2.86. The predicted octanol–water partition coefficient (Wildman–Crippen LogP) is 0.432. The van der Waals surface area contributed by atoms with Crippen molar-refractivity contribution < 1.29 is 27.5 Å². The second-order valence-electron chi connectivity index (χ2n) is 5.04. The van der Waals surface area contributed by atoms with Crippen molar-refractivity contribution in [1.82, 2.24) is 4.90 Å². The third-order valence-electron chi connectivity index (χ3n) is 3.96. The Morgan fingerprint density at radius 2 is 2.00 bits per heavy atom. The van der Waals surface area contributed by atoms with Crippen molar-refractivity contribution in [2.75, 3.05) is 19.6 Å². The van der Waals surface area contributed by atoms with Crippen LogP contribution < -0.4 is 5.73 Å². The van der Waals surface area contributed by atoms with E-state index >= 15 is 0 Å². The molecule has 0 aliphatic carbocycles. The smallest absolute Gasteiger partial charge is 0.460 e. The molecule has 8 heteroatoms. The monoisotopic (exact) mass is 280 g/mol. The molecule has 2 heterocycles. The number of piperidine rings is 1. The second kappa shape index (κ2) is 4.66. The van der Waals surface area contributed by atoms with Gasteiger partial charge in [0.2, 0.25) is 0 Å². The van der Waals surface area contributed by atoms with Crippen LogP contribution in [0.15, 0.2) is 0 Å². The number of hydrogen-bond donors (Lipinski definition) is 1. The summed E-state index contributed by atoms with van der Waals surface area (Å²) in [5.41, 5.74) is 5.02. The van der Waals surface area contributed by atoms with Gasteiger partial charge < -0.3 is 15.4 Å². The number of nitrogens with zero attached hydrogens (tertiary/aromatic N) is 1. The van der Waals surface area contributed by atoms with Crippen molar-refractivity contribution >= 4 is 11.9 Å². The van der Waals surface area contributed by atoms with E-state index in [2.05, 4.69) is 0 Å². The van der Waals surface area contributed by atoms with Crippen LogP contribution >= 0.6 is 0 Å². The number of esters is 1. The summed E-state index contributed by atoms with van der Waals surface area (Å²) in [5, 5.41) is 0. The van der Waals surface area contributed by atoms with Crippen LogP contribution in [0.2, 0.25) is 0 Å². The minimum absolute atomic E-state index is 0.0223. The first kappa shape index (κ1) is 14.1.